The Hall–Kier alpha value is -0.690. The van der Waals surface area contributed by atoms with E-state index in [1.807, 2.05) is 6.92 Å². The van der Waals surface area contributed by atoms with Gasteiger partial charge in [-0.25, -0.2) is 0 Å². The summed E-state index contributed by atoms with van der Waals surface area (Å²) in [4.78, 5) is 11.7. The van der Waals surface area contributed by atoms with E-state index < -0.39 is 5.41 Å². The summed E-state index contributed by atoms with van der Waals surface area (Å²) >= 11 is 0. The second-order valence-electron chi connectivity index (χ2n) is 4.47. The normalized spacial score (nSPS) is 14.1. The molecular weight excluding hydrogens is 250 g/mol. The van der Waals surface area contributed by atoms with Crippen molar-refractivity contribution >= 4 is 5.97 Å². The average Bonchev–Trinajstić information content (AvgIpc) is 2.44. The second kappa shape index (κ2) is 11.2. The number of rotatable bonds is 12. The van der Waals surface area contributed by atoms with Crippen LogP contribution >= 0.6 is 0 Å². The van der Waals surface area contributed by atoms with E-state index in [4.69, 9.17) is 24.7 Å². The average molecular weight is 277 g/mol. The van der Waals surface area contributed by atoms with Gasteiger partial charge in [0.05, 0.1) is 38.4 Å². The van der Waals surface area contributed by atoms with Gasteiger partial charge in [0.15, 0.2) is 0 Å². The molecule has 0 aromatic carbocycles. The predicted octanol–water partition coefficient (Wildman–Crippen LogP) is 0.584. The molecule has 0 bridgehead atoms. The lowest BCUT2D eigenvalue weighted by Gasteiger charge is -2.23. The SMILES string of the molecule is CCC(C)(CN)C(=O)OCCOCCOCCOC. The molecule has 6 heteroatoms. The fourth-order valence-electron chi connectivity index (χ4n) is 1.20. The van der Waals surface area contributed by atoms with Gasteiger partial charge in [-0.3, -0.25) is 4.79 Å². The molecule has 114 valence electrons. The van der Waals surface area contributed by atoms with Crippen molar-refractivity contribution in [1.29, 1.82) is 0 Å². The molecule has 0 aromatic heterocycles. The molecule has 1 unspecified atom stereocenters. The number of ether oxygens (including phenoxy) is 4. The fraction of sp³-hybridized carbons (Fsp3) is 0.923. The van der Waals surface area contributed by atoms with E-state index in [0.29, 0.717) is 39.5 Å². The molecule has 0 rings (SSSR count). The van der Waals surface area contributed by atoms with Gasteiger partial charge in [-0.2, -0.15) is 0 Å². The Labute approximate surface area is 115 Å². The molecule has 0 aliphatic rings. The Kier molecular flexibility index (Phi) is 10.8. The smallest absolute Gasteiger partial charge is 0.313 e. The molecule has 0 heterocycles. The van der Waals surface area contributed by atoms with Gasteiger partial charge in [0.2, 0.25) is 0 Å². The molecule has 2 N–H and O–H groups in total. The van der Waals surface area contributed by atoms with E-state index in [9.17, 15) is 4.79 Å². The Morgan fingerprint density at radius 3 is 2.05 bits per heavy atom. The number of methoxy groups -OCH3 is 1. The van der Waals surface area contributed by atoms with Crippen LogP contribution in [-0.4, -0.2) is 59.3 Å². The minimum atomic E-state index is -0.594. The standard InChI is InChI=1S/C13H27NO5/c1-4-13(2,11-14)12(15)19-10-9-18-8-7-17-6-5-16-3/h4-11,14H2,1-3H3. The number of carbonyl (C=O) groups excluding carboxylic acids is 1. The molecule has 0 spiro atoms. The van der Waals surface area contributed by atoms with Gasteiger partial charge >= 0.3 is 5.97 Å². The van der Waals surface area contributed by atoms with Gasteiger partial charge in [-0.15, -0.1) is 0 Å². The highest BCUT2D eigenvalue weighted by atomic mass is 16.6. The zero-order chi connectivity index (χ0) is 14.6. The summed E-state index contributed by atoms with van der Waals surface area (Å²) in [6.45, 7) is 6.73. The Bertz CT molecular complexity index is 231. The first kappa shape index (κ1) is 18.3. The van der Waals surface area contributed by atoms with Crippen LogP contribution in [0, 0.1) is 5.41 Å². The molecule has 19 heavy (non-hydrogen) atoms. The van der Waals surface area contributed by atoms with Gasteiger partial charge in [0, 0.05) is 13.7 Å². The highest BCUT2D eigenvalue weighted by Gasteiger charge is 2.31. The van der Waals surface area contributed by atoms with Crippen LogP contribution in [0.25, 0.3) is 0 Å². The van der Waals surface area contributed by atoms with E-state index in [1.54, 1.807) is 14.0 Å². The van der Waals surface area contributed by atoms with Crippen LogP contribution in [0.3, 0.4) is 0 Å². The van der Waals surface area contributed by atoms with Crippen molar-refractivity contribution in [2.24, 2.45) is 11.1 Å². The van der Waals surface area contributed by atoms with Crippen LogP contribution in [0.4, 0.5) is 0 Å². The minimum absolute atomic E-state index is 0.243. The van der Waals surface area contributed by atoms with Crippen LogP contribution in [0.15, 0.2) is 0 Å². The Morgan fingerprint density at radius 1 is 1.05 bits per heavy atom. The molecule has 0 aromatic rings. The van der Waals surface area contributed by atoms with Gasteiger partial charge in [-0.05, 0) is 13.3 Å². The molecule has 0 aliphatic heterocycles. The van der Waals surface area contributed by atoms with Crippen LogP contribution in [-0.2, 0) is 23.7 Å². The van der Waals surface area contributed by atoms with Crippen molar-refractivity contribution in [2.45, 2.75) is 20.3 Å². The molecule has 0 fully saturated rings. The molecule has 6 nitrogen and oxygen atoms in total. The minimum Gasteiger partial charge on any atom is -0.463 e. The van der Waals surface area contributed by atoms with Crippen LogP contribution in [0.1, 0.15) is 20.3 Å². The molecule has 1 atom stereocenters. The first-order chi connectivity index (χ1) is 9.10. The van der Waals surface area contributed by atoms with Crippen molar-refractivity contribution in [3.05, 3.63) is 0 Å². The summed E-state index contributed by atoms with van der Waals surface area (Å²) in [6.07, 6.45) is 0.663. The van der Waals surface area contributed by atoms with E-state index in [1.165, 1.54) is 0 Å². The number of carbonyl (C=O) groups is 1. The van der Waals surface area contributed by atoms with Crippen molar-refractivity contribution in [1.82, 2.24) is 0 Å². The third-order valence-corrected chi connectivity index (χ3v) is 2.99. The van der Waals surface area contributed by atoms with E-state index in [0.717, 1.165) is 0 Å². The summed E-state index contributed by atoms with van der Waals surface area (Å²) in [7, 11) is 1.62. The molecular formula is C13H27NO5. The highest BCUT2D eigenvalue weighted by Crippen LogP contribution is 2.20. The van der Waals surface area contributed by atoms with E-state index in [2.05, 4.69) is 0 Å². The lowest BCUT2D eigenvalue weighted by molar-refractivity contribution is -0.156. The van der Waals surface area contributed by atoms with Crippen molar-refractivity contribution in [3.8, 4) is 0 Å². The maximum absolute atomic E-state index is 11.7. The number of hydrogen-bond acceptors (Lipinski definition) is 6. The molecule has 0 aliphatic carbocycles. The Morgan fingerprint density at radius 2 is 1.58 bits per heavy atom. The molecule has 0 saturated carbocycles. The van der Waals surface area contributed by atoms with Gasteiger partial charge in [-0.1, -0.05) is 6.92 Å². The summed E-state index contributed by atoms with van der Waals surface area (Å²) in [6, 6.07) is 0. The van der Waals surface area contributed by atoms with E-state index >= 15 is 0 Å². The summed E-state index contributed by atoms with van der Waals surface area (Å²) in [5.74, 6) is -0.266. The molecule has 0 saturated heterocycles. The van der Waals surface area contributed by atoms with Crippen molar-refractivity contribution in [3.63, 3.8) is 0 Å². The molecule has 0 amide bonds. The van der Waals surface area contributed by atoms with Crippen molar-refractivity contribution < 1.29 is 23.7 Å². The zero-order valence-electron chi connectivity index (χ0n) is 12.3. The topological polar surface area (TPSA) is 80.0 Å². The van der Waals surface area contributed by atoms with Crippen LogP contribution in [0.2, 0.25) is 0 Å². The largest absolute Gasteiger partial charge is 0.463 e. The maximum Gasteiger partial charge on any atom is 0.313 e. The second-order valence-corrected chi connectivity index (χ2v) is 4.47. The van der Waals surface area contributed by atoms with Crippen LogP contribution in [0.5, 0.6) is 0 Å². The predicted molar refractivity (Wildman–Crippen MR) is 71.9 cm³/mol. The first-order valence-electron chi connectivity index (χ1n) is 6.62. The zero-order valence-corrected chi connectivity index (χ0v) is 12.3. The van der Waals surface area contributed by atoms with Gasteiger partial charge in [0.25, 0.3) is 0 Å². The summed E-state index contributed by atoms with van der Waals surface area (Å²) in [5, 5.41) is 0. The molecule has 0 radical (unpaired) electrons. The number of esters is 1. The van der Waals surface area contributed by atoms with Crippen LogP contribution < -0.4 is 5.73 Å². The lowest BCUT2D eigenvalue weighted by Crippen LogP contribution is -2.37. The lowest BCUT2D eigenvalue weighted by atomic mass is 9.88. The third kappa shape index (κ3) is 8.15. The number of nitrogens with two attached hydrogens (primary N) is 1. The first-order valence-corrected chi connectivity index (χ1v) is 6.62. The summed E-state index contributed by atoms with van der Waals surface area (Å²) < 4.78 is 20.4. The third-order valence-electron chi connectivity index (χ3n) is 2.99. The quantitative estimate of drug-likeness (QED) is 0.415. The van der Waals surface area contributed by atoms with Gasteiger partial charge < -0.3 is 24.7 Å². The highest BCUT2D eigenvalue weighted by molar-refractivity contribution is 5.76. The van der Waals surface area contributed by atoms with Gasteiger partial charge in [0.1, 0.15) is 6.61 Å². The maximum atomic E-state index is 11.7. The number of hydrogen-bond donors (Lipinski definition) is 1. The monoisotopic (exact) mass is 277 g/mol. The fourth-order valence-corrected chi connectivity index (χ4v) is 1.20. The Balaban J connectivity index is 3.46. The van der Waals surface area contributed by atoms with Crippen molar-refractivity contribution in [2.75, 3.05) is 53.3 Å². The van der Waals surface area contributed by atoms with E-state index in [-0.39, 0.29) is 19.1 Å². The summed E-state index contributed by atoms with van der Waals surface area (Å²) in [5.41, 5.74) is 4.98.